The summed E-state index contributed by atoms with van der Waals surface area (Å²) in [7, 11) is 0. The average Bonchev–Trinajstić information content (AvgIpc) is 2.32. The highest BCUT2D eigenvalue weighted by atomic mass is 19.1. The second-order valence-corrected chi connectivity index (χ2v) is 4.85. The Hall–Kier alpha value is -1.16. The van der Waals surface area contributed by atoms with Crippen molar-refractivity contribution in [3.63, 3.8) is 0 Å². The third kappa shape index (κ3) is 2.75. The van der Waals surface area contributed by atoms with Crippen LogP contribution in [0.1, 0.15) is 13.8 Å². The van der Waals surface area contributed by atoms with Crippen molar-refractivity contribution in [1.29, 1.82) is 0 Å². The van der Waals surface area contributed by atoms with E-state index >= 15 is 0 Å². The van der Waals surface area contributed by atoms with E-state index in [1.165, 1.54) is 12.1 Å². The molecule has 1 aliphatic rings. The van der Waals surface area contributed by atoms with Gasteiger partial charge in [-0.15, -0.1) is 0 Å². The molecule has 1 heterocycles. The van der Waals surface area contributed by atoms with Crippen LogP contribution in [-0.2, 0) is 0 Å². The molecule has 1 N–H and O–H groups in total. The molecule has 2 rings (SSSR count). The van der Waals surface area contributed by atoms with Crippen LogP contribution in [0.15, 0.2) is 18.2 Å². The lowest BCUT2D eigenvalue weighted by molar-refractivity contribution is 0.366. The number of anilines is 1. The summed E-state index contributed by atoms with van der Waals surface area (Å²) in [6.07, 6.45) is 0. The third-order valence-corrected chi connectivity index (χ3v) is 3.26. The number of rotatable bonds is 2. The van der Waals surface area contributed by atoms with Crippen LogP contribution in [0.2, 0.25) is 0 Å². The summed E-state index contributed by atoms with van der Waals surface area (Å²) in [4.78, 5) is 1.92. The first-order valence-corrected chi connectivity index (χ1v) is 6.01. The number of nitrogens with one attached hydrogen (secondary N) is 1. The van der Waals surface area contributed by atoms with Crippen LogP contribution in [0.5, 0.6) is 0 Å². The Kier molecular flexibility index (Phi) is 3.62. The van der Waals surface area contributed by atoms with E-state index in [1.807, 2.05) is 4.90 Å². The lowest BCUT2D eigenvalue weighted by Gasteiger charge is -2.37. The Morgan fingerprint density at radius 3 is 2.82 bits per heavy atom. The topological polar surface area (TPSA) is 15.3 Å². The van der Waals surface area contributed by atoms with Gasteiger partial charge in [-0.05, 0) is 18.1 Å². The maximum absolute atomic E-state index is 13.7. The molecule has 1 aromatic carbocycles. The summed E-state index contributed by atoms with van der Waals surface area (Å²) in [5.74, 6) is -0.258. The van der Waals surface area contributed by atoms with Crippen LogP contribution in [0.4, 0.5) is 14.5 Å². The summed E-state index contributed by atoms with van der Waals surface area (Å²) < 4.78 is 26.8. The Bertz CT molecular complexity index is 393. The van der Waals surface area contributed by atoms with Gasteiger partial charge in [-0.2, -0.15) is 0 Å². The molecule has 0 amide bonds. The quantitative estimate of drug-likeness (QED) is 0.854. The van der Waals surface area contributed by atoms with Gasteiger partial charge < -0.3 is 10.2 Å². The number of hydrogen-bond acceptors (Lipinski definition) is 2. The van der Waals surface area contributed by atoms with E-state index in [9.17, 15) is 8.78 Å². The van der Waals surface area contributed by atoms with Gasteiger partial charge in [-0.1, -0.05) is 13.8 Å². The number of piperazine rings is 1. The van der Waals surface area contributed by atoms with Gasteiger partial charge in [0.15, 0.2) is 0 Å². The van der Waals surface area contributed by atoms with Gasteiger partial charge in [0.1, 0.15) is 11.6 Å². The lowest BCUT2D eigenvalue weighted by atomic mass is 10.0. The summed E-state index contributed by atoms with van der Waals surface area (Å²) >= 11 is 0. The number of hydrogen-bond donors (Lipinski definition) is 1. The molecule has 1 atom stereocenters. The van der Waals surface area contributed by atoms with Crippen molar-refractivity contribution in [2.24, 2.45) is 5.92 Å². The highest BCUT2D eigenvalue weighted by molar-refractivity contribution is 5.48. The molecule has 2 nitrogen and oxygen atoms in total. The molecule has 0 spiro atoms. The molecule has 0 bridgehead atoms. The van der Waals surface area contributed by atoms with E-state index < -0.39 is 0 Å². The first-order chi connectivity index (χ1) is 8.08. The molecule has 4 heteroatoms. The maximum atomic E-state index is 13.7. The largest absolute Gasteiger partial charge is 0.366 e. The third-order valence-electron chi connectivity index (χ3n) is 3.26. The Morgan fingerprint density at radius 1 is 1.35 bits per heavy atom. The van der Waals surface area contributed by atoms with E-state index in [1.54, 1.807) is 0 Å². The van der Waals surface area contributed by atoms with Crippen LogP contribution in [0.25, 0.3) is 0 Å². The maximum Gasteiger partial charge on any atom is 0.146 e. The van der Waals surface area contributed by atoms with Gasteiger partial charge in [-0.3, -0.25) is 0 Å². The van der Waals surface area contributed by atoms with Crippen molar-refractivity contribution in [3.8, 4) is 0 Å². The highest BCUT2D eigenvalue weighted by Gasteiger charge is 2.23. The molecule has 1 aromatic rings. The normalized spacial score (nSPS) is 21.0. The second-order valence-electron chi connectivity index (χ2n) is 4.85. The van der Waals surface area contributed by atoms with Crippen molar-refractivity contribution in [2.45, 2.75) is 19.9 Å². The first-order valence-electron chi connectivity index (χ1n) is 6.01. The predicted octanol–water partition coefficient (Wildman–Crippen LogP) is 2.40. The van der Waals surface area contributed by atoms with Crippen molar-refractivity contribution < 1.29 is 8.78 Å². The van der Waals surface area contributed by atoms with Crippen molar-refractivity contribution in [1.82, 2.24) is 5.32 Å². The summed E-state index contributed by atoms with van der Waals surface area (Å²) in [5, 5.41) is 3.39. The number of nitrogens with zero attached hydrogens (tertiary/aromatic N) is 1. The minimum Gasteiger partial charge on any atom is -0.366 e. The van der Waals surface area contributed by atoms with Crippen molar-refractivity contribution in [2.75, 3.05) is 24.5 Å². The fourth-order valence-corrected chi connectivity index (χ4v) is 2.17. The molecule has 1 fully saturated rings. The molecule has 0 saturated carbocycles. The first kappa shape index (κ1) is 12.3. The van der Waals surface area contributed by atoms with Gasteiger partial charge in [0.25, 0.3) is 0 Å². The zero-order chi connectivity index (χ0) is 12.4. The van der Waals surface area contributed by atoms with E-state index in [0.29, 0.717) is 24.2 Å². The summed E-state index contributed by atoms with van der Waals surface area (Å²) in [5.41, 5.74) is 0.372. The monoisotopic (exact) mass is 240 g/mol. The van der Waals surface area contributed by atoms with Crippen LogP contribution < -0.4 is 10.2 Å². The molecular formula is C13H18F2N2. The fraction of sp³-hybridized carbons (Fsp3) is 0.538. The Morgan fingerprint density at radius 2 is 2.12 bits per heavy atom. The van der Waals surface area contributed by atoms with E-state index in [2.05, 4.69) is 19.2 Å². The highest BCUT2D eigenvalue weighted by Crippen LogP contribution is 2.22. The van der Waals surface area contributed by atoms with Gasteiger partial charge in [-0.25, -0.2) is 8.78 Å². The van der Waals surface area contributed by atoms with Crippen LogP contribution in [0, 0.1) is 17.6 Å². The Labute approximate surface area is 101 Å². The van der Waals surface area contributed by atoms with Crippen molar-refractivity contribution >= 4 is 5.69 Å². The van der Waals surface area contributed by atoms with Crippen LogP contribution in [-0.4, -0.2) is 25.7 Å². The summed E-state index contributed by atoms with van der Waals surface area (Å²) in [6.45, 7) is 6.49. The van der Waals surface area contributed by atoms with Gasteiger partial charge >= 0.3 is 0 Å². The molecule has 0 aliphatic carbocycles. The smallest absolute Gasteiger partial charge is 0.146 e. The van der Waals surface area contributed by atoms with Gasteiger partial charge in [0.2, 0.25) is 0 Å². The van der Waals surface area contributed by atoms with E-state index in [0.717, 1.165) is 19.2 Å². The van der Waals surface area contributed by atoms with E-state index in [4.69, 9.17) is 0 Å². The van der Waals surface area contributed by atoms with Crippen molar-refractivity contribution in [3.05, 3.63) is 29.8 Å². The number of benzene rings is 1. The SMILES string of the molecule is CC(C)C1CN(c2cc(F)ccc2F)CCN1. The molecule has 1 unspecified atom stereocenters. The molecule has 0 radical (unpaired) electrons. The molecule has 1 saturated heterocycles. The molecule has 0 aromatic heterocycles. The molecule has 1 aliphatic heterocycles. The summed E-state index contributed by atoms with van der Waals surface area (Å²) in [6, 6.07) is 3.95. The molecular weight excluding hydrogens is 222 g/mol. The standard InChI is InChI=1S/C13H18F2N2/c1-9(2)12-8-17(6-5-16-12)13-7-10(14)3-4-11(13)15/h3-4,7,9,12,16H,5-6,8H2,1-2H3. The van der Waals surface area contributed by atoms with Gasteiger partial charge in [0, 0.05) is 31.7 Å². The minimum absolute atomic E-state index is 0.325. The minimum atomic E-state index is -0.388. The second kappa shape index (κ2) is 5.00. The number of halogens is 2. The zero-order valence-electron chi connectivity index (χ0n) is 10.2. The predicted molar refractivity (Wildman–Crippen MR) is 65.2 cm³/mol. The zero-order valence-corrected chi connectivity index (χ0v) is 10.2. The van der Waals surface area contributed by atoms with Gasteiger partial charge in [0.05, 0.1) is 5.69 Å². The Balaban J connectivity index is 2.18. The molecule has 94 valence electrons. The average molecular weight is 240 g/mol. The lowest BCUT2D eigenvalue weighted by Crippen LogP contribution is -2.53. The molecule has 17 heavy (non-hydrogen) atoms. The fourth-order valence-electron chi connectivity index (χ4n) is 2.17. The van der Waals surface area contributed by atoms with E-state index in [-0.39, 0.29) is 11.6 Å². The van der Waals surface area contributed by atoms with Crippen LogP contribution in [0.3, 0.4) is 0 Å². The van der Waals surface area contributed by atoms with Crippen LogP contribution >= 0.6 is 0 Å².